The van der Waals surface area contributed by atoms with Crippen LogP contribution in [0.2, 0.25) is 0 Å². The molecule has 0 N–H and O–H groups in total. The van der Waals surface area contributed by atoms with Crippen LogP contribution in [0.1, 0.15) is 16.8 Å². The summed E-state index contributed by atoms with van der Waals surface area (Å²) < 4.78 is 4.74. The fraction of sp³-hybridized carbons (Fsp3) is 0.438. The molecule has 2 aliphatic rings. The zero-order valence-corrected chi connectivity index (χ0v) is 13.2. The highest BCUT2D eigenvalue weighted by Crippen LogP contribution is 2.22. The summed E-state index contributed by atoms with van der Waals surface area (Å²) in [6.45, 7) is 0.673. The maximum atomic E-state index is 12.6. The summed E-state index contributed by atoms with van der Waals surface area (Å²) in [4.78, 5) is 40.7. The van der Waals surface area contributed by atoms with Gasteiger partial charge in [0.2, 0.25) is 0 Å². The third-order valence-electron chi connectivity index (χ3n) is 4.21. The van der Waals surface area contributed by atoms with Gasteiger partial charge in [0.05, 0.1) is 6.04 Å². The largest absolute Gasteiger partial charge is 0.439 e. The van der Waals surface area contributed by atoms with E-state index in [0.717, 1.165) is 10.6 Å². The average Bonchev–Trinajstić information content (AvgIpc) is 3.13. The van der Waals surface area contributed by atoms with Crippen LogP contribution in [0.3, 0.4) is 0 Å². The van der Waals surface area contributed by atoms with Gasteiger partial charge in [-0.3, -0.25) is 9.59 Å². The summed E-state index contributed by atoms with van der Waals surface area (Å²) in [5, 5.41) is 0. The van der Waals surface area contributed by atoms with Gasteiger partial charge in [0.15, 0.2) is 6.61 Å². The fourth-order valence-corrected chi connectivity index (χ4v) is 2.95. The van der Waals surface area contributed by atoms with Crippen LogP contribution < -0.4 is 4.90 Å². The fourth-order valence-electron chi connectivity index (χ4n) is 2.95. The standard InChI is InChI=1S/C16H19N3O4/c1-17(2)12-5-3-4-11(8-12)15(21)18-7-6-13(9-18)19-14(20)10-23-16(19)22/h3-5,8,13H,6-7,9-10H2,1-2H3. The number of likely N-dealkylation sites (tertiary alicyclic amines) is 1. The van der Waals surface area contributed by atoms with Gasteiger partial charge in [-0.05, 0) is 24.6 Å². The quantitative estimate of drug-likeness (QED) is 0.830. The molecule has 1 aromatic carbocycles. The maximum absolute atomic E-state index is 12.6. The van der Waals surface area contributed by atoms with E-state index in [4.69, 9.17) is 4.74 Å². The Labute approximate surface area is 134 Å². The van der Waals surface area contributed by atoms with E-state index >= 15 is 0 Å². The molecule has 2 heterocycles. The van der Waals surface area contributed by atoms with Crippen LogP contribution >= 0.6 is 0 Å². The first kappa shape index (κ1) is 15.3. The number of ether oxygens (including phenoxy) is 1. The summed E-state index contributed by atoms with van der Waals surface area (Å²) in [7, 11) is 3.83. The molecular formula is C16H19N3O4. The number of carbonyl (C=O) groups excluding carboxylic acids is 3. The molecule has 7 nitrogen and oxygen atoms in total. The number of anilines is 1. The van der Waals surface area contributed by atoms with Gasteiger partial charge in [-0.1, -0.05) is 6.07 Å². The molecular weight excluding hydrogens is 298 g/mol. The lowest BCUT2D eigenvalue weighted by Gasteiger charge is -2.21. The predicted molar refractivity (Wildman–Crippen MR) is 83.3 cm³/mol. The van der Waals surface area contributed by atoms with E-state index in [2.05, 4.69) is 0 Å². The molecule has 0 radical (unpaired) electrons. The number of rotatable bonds is 3. The van der Waals surface area contributed by atoms with Crippen molar-refractivity contribution in [1.29, 1.82) is 0 Å². The second-order valence-corrected chi connectivity index (χ2v) is 5.96. The van der Waals surface area contributed by atoms with E-state index < -0.39 is 6.09 Å². The third kappa shape index (κ3) is 2.86. The van der Waals surface area contributed by atoms with Crippen molar-refractivity contribution in [2.45, 2.75) is 12.5 Å². The monoisotopic (exact) mass is 317 g/mol. The van der Waals surface area contributed by atoms with Gasteiger partial charge in [-0.2, -0.15) is 0 Å². The van der Waals surface area contributed by atoms with Crippen LogP contribution in [0.15, 0.2) is 24.3 Å². The van der Waals surface area contributed by atoms with Crippen molar-refractivity contribution in [3.63, 3.8) is 0 Å². The first-order chi connectivity index (χ1) is 11.0. The molecule has 0 bridgehead atoms. The number of nitrogens with zero attached hydrogens (tertiary/aromatic N) is 3. The lowest BCUT2D eigenvalue weighted by atomic mass is 10.1. The van der Waals surface area contributed by atoms with E-state index in [1.165, 1.54) is 0 Å². The SMILES string of the molecule is CN(C)c1cccc(C(=O)N2CCC(N3C(=O)COC3=O)C2)c1. The number of imide groups is 1. The van der Waals surface area contributed by atoms with Crippen LogP contribution in [-0.4, -0.2) is 67.5 Å². The first-order valence-corrected chi connectivity index (χ1v) is 7.53. The molecule has 1 atom stereocenters. The average molecular weight is 317 g/mol. The molecule has 0 spiro atoms. The molecule has 1 unspecified atom stereocenters. The topological polar surface area (TPSA) is 70.2 Å². The minimum atomic E-state index is -0.607. The molecule has 7 heteroatoms. The summed E-state index contributed by atoms with van der Waals surface area (Å²) in [5.41, 5.74) is 1.55. The highest BCUT2D eigenvalue weighted by Gasteiger charge is 2.41. The molecule has 23 heavy (non-hydrogen) atoms. The Kier molecular flexibility index (Phi) is 3.94. The summed E-state index contributed by atoms with van der Waals surface area (Å²) >= 11 is 0. The van der Waals surface area contributed by atoms with Crippen molar-refractivity contribution in [2.75, 3.05) is 38.7 Å². The van der Waals surface area contributed by atoms with Crippen LogP contribution in [0.25, 0.3) is 0 Å². The smallest absolute Gasteiger partial charge is 0.417 e. The van der Waals surface area contributed by atoms with Crippen molar-refractivity contribution < 1.29 is 19.1 Å². The van der Waals surface area contributed by atoms with Gasteiger partial charge >= 0.3 is 6.09 Å². The minimum absolute atomic E-state index is 0.0868. The molecule has 0 saturated carbocycles. The molecule has 0 aliphatic carbocycles. The van der Waals surface area contributed by atoms with Crippen molar-refractivity contribution >= 4 is 23.6 Å². The van der Waals surface area contributed by atoms with Gasteiger partial charge in [0.25, 0.3) is 11.8 Å². The van der Waals surface area contributed by atoms with E-state index in [9.17, 15) is 14.4 Å². The van der Waals surface area contributed by atoms with Gasteiger partial charge in [0, 0.05) is 38.4 Å². The third-order valence-corrected chi connectivity index (χ3v) is 4.21. The lowest BCUT2D eigenvalue weighted by Crippen LogP contribution is -2.42. The molecule has 0 aromatic heterocycles. The Morgan fingerprint density at radius 1 is 1.30 bits per heavy atom. The number of hydrogen-bond donors (Lipinski definition) is 0. The Bertz CT molecular complexity index is 642. The van der Waals surface area contributed by atoms with Crippen molar-refractivity contribution in [3.8, 4) is 0 Å². The number of amides is 3. The number of carbonyl (C=O) groups is 3. The van der Waals surface area contributed by atoms with Crippen LogP contribution in [0.5, 0.6) is 0 Å². The molecule has 3 amide bonds. The summed E-state index contributed by atoms with van der Waals surface area (Å²) in [6, 6.07) is 7.10. The highest BCUT2D eigenvalue weighted by molar-refractivity contribution is 5.99. The van der Waals surface area contributed by atoms with Gasteiger partial charge in [-0.15, -0.1) is 0 Å². The number of hydrogen-bond acceptors (Lipinski definition) is 5. The van der Waals surface area contributed by atoms with Crippen LogP contribution in [0, 0.1) is 0 Å². The van der Waals surface area contributed by atoms with Gasteiger partial charge in [-0.25, -0.2) is 9.69 Å². The highest BCUT2D eigenvalue weighted by atomic mass is 16.6. The molecule has 3 rings (SSSR count). The predicted octanol–water partition coefficient (Wildman–Crippen LogP) is 0.946. The summed E-state index contributed by atoms with van der Waals surface area (Å²) in [5.74, 6) is -0.417. The number of benzene rings is 1. The van der Waals surface area contributed by atoms with E-state index in [1.54, 1.807) is 11.0 Å². The van der Waals surface area contributed by atoms with E-state index in [0.29, 0.717) is 25.1 Å². The van der Waals surface area contributed by atoms with E-state index in [-0.39, 0.29) is 24.5 Å². The first-order valence-electron chi connectivity index (χ1n) is 7.53. The molecule has 2 saturated heterocycles. The van der Waals surface area contributed by atoms with Crippen molar-refractivity contribution in [3.05, 3.63) is 29.8 Å². The second kappa shape index (κ2) is 5.91. The minimum Gasteiger partial charge on any atom is -0.439 e. The lowest BCUT2D eigenvalue weighted by molar-refractivity contribution is -0.127. The van der Waals surface area contributed by atoms with Gasteiger partial charge < -0.3 is 14.5 Å². The molecule has 122 valence electrons. The molecule has 1 aromatic rings. The van der Waals surface area contributed by atoms with Crippen molar-refractivity contribution in [2.24, 2.45) is 0 Å². The zero-order chi connectivity index (χ0) is 16.6. The van der Waals surface area contributed by atoms with E-state index in [1.807, 2.05) is 37.2 Å². The molecule has 2 aliphatic heterocycles. The normalized spacial score (nSPS) is 20.9. The molecule has 2 fully saturated rings. The van der Waals surface area contributed by atoms with Crippen LogP contribution in [-0.2, 0) is 9.53 Å². The maximum Gasteiger partial charge on any atom is 0.417 e. The zero-order valence-electron chi connectivity index (χ0n) is 13.2. The Balaban J connectivity index is 1.71. The second-order valence-electron chi connectivity index (χ2n) is 5.96. The van der Waals surface area contributed by atoms with Crippen molar-refractivity contribution in [1.82, 2.24) is 9.80 Å². The Hall–Kier alpha value is -2.57. The van der Waals surface area contributed by atoms with Crippen LogP contribution in [0.4, 0.5) is 10.5 Å². The van der Waals surface area contributed by atoms with Gasteiger partial charge in [0.1, 0.15) is 0 Å². The Morgan fingerprint density at radius 2 is 2.09 bits per heavy atom. The Morgan fingerprint density at radius 3 is 2.74 bits per heavy atom. The number of cyclic esters (lactones) is 1. The summed E-state index contributed by atoms with van der Waals surface area (Å²) in [6.07, 6.45) is -0.0242.